The molecular weight excluding hydrogens is 294 g/mol. The maximum Gasteiger partial charge on any atom is 0.119 e. The zero-order valence-corrected chi connectivity index (χ0v) is 14.6. The Morgan fingerprint density at radius 1 is 1.00 bits per heavy atom. The van der Waals surface area contributed by atoms with Crippen molar-refractivity contribution in [1.82, 2.24) is 4.90 Å². The van der Waals surface area contributed by atoms with Gasteiger partial charge in [0.2, 0.25) is 0 Å². The van der Waals surface area contributed by atoms with Crippen LogP contribution in [-0.4, -0.2) is 18.1 Å². The van der Waals surface area contributed by atoms with E-state index in [1.807, 2.05) is 0 Å². The van der Waals surface area contributed by atoms with Gasteiger partial charge in [0.25, 0.3) is 0 Å². The molecule has 2 aliphatic rings. The molecule has 0 radical (unpaired) electrons. The predicted octanol–water partition coefficient (Wildman–Crippen LogP) is 4.60. The number of hydrogen-bond acceptors (Lipinski definition) is 2. The third-order valence-corrected chi connectivity index (χ3v) is 5.28. The Hall–Kier alpha value is -1.80. The van der Waals surface area contributed by atoms with Crippen LogP contribution < -0.4 is 4.74 Å². The number of nitrogens with zero attached hydrogens (tertiary/aromatic N) is 1. The van der Waals surface area contributed by atoms with Gasteiger partial charge in [-0.15, -0.1) is 0 Å². The molecule has 1 aliphatic heterocycles. The Balaban J connectivity index is 1.35. The van der Waals surface area contributed by atoms with Gasteiger partial charge in [0.05, 0.1) is 6.61 Å². The molecule has 2 nitrogen and oxygen atoms in total. The summed E-state index contributed by atoms with van der Waals surface area (Å²) in [6.45, 7) is 6.37. The van der Waals surface area contributed by atoms with Gasteiger partial charge in [0, 0.05) is 19.6 Å². The third kappa shape index (κ3) is 3.81. The van der Waals surface area contributed by atoms with E-state index < -0.39 is 0 Å². The molecule has 0 unspecified atom stereocenters. The summed E-state index contributed by atoms with van der Waals surface area (Å²) in [5, 5.41) is 0. The minimum Gasteiger partial charge on any atom is -0.493 e. The first-order valence-corrected chi connectivity index (χ1v) is 9.35. The predicted molar refractivity (Wildman–Crippen MR) is 98.3 cm³/mol. The zero-order chi connectivity index (χ0) is 16.4. The van der Waals surface area contributed by atoms with Crippen molar-refractivity contribution in [3.05, 3.63) is 64.7 Å². The van der Waals surface area contributed by atoms with E-state index in [0.717, 1.165) is 44.3 Å². The molecule has 0 saturated heterocycles. The molecule has 1 saturated carbocycles. The minimum atomic E-state index is 0.811. The Bertz CT molecular complexity index is 688. The highest BCUT2D eigenvalue weighted by Crippen LogP contribution is 2.29. The van der Waals surface area contributed by atoms with Crippen LogP contribution in [0.5, 0.6) is 5.75 Å². The number of benzene rings is 2. The molecule has 126 valence electrons. The highest BCUT2D eigenvalue weighted by atomic mass is 16.5. The molecule has 1 heterocycles. The largest absolute Gasteiger partial charge is 0.493 e. The maximum absolute atomic E-state index is 5.83. The molecule has 4 rings (SSSR count). The van der Waals surface area contributed by atoms with Crippen LogP contribution in [0.15, 0.2) is 42.5 Å². The van der Waals surface area contributed by atoms with Gasteiger partial charge >= 0.3 is 0 Å². The molecule has 0 aromatic heterocycles. The van der Waals surface area contributed by atoms with Gasteiger partial charge in [-0.3, -0.25) is 4.90 Å². The summed E-state index contributed by atoms with van der Waals surface area (Å²) in [6.07, 6.45) is 4.99. The molecule has 2 aromatic carbocycles. The lowest BCUT2D eigenvalue weighted by atomic mass is 9.96. The van der Waals surface area contributed by atoms with Gasteiger partial charge in [-0.2, -0.15) is 0 Å². The van der Waals surface area contributed by atoms with Crippen molar-refractivity contribution in [2.45, 2.75) is 45.7 Å². The van der Waals surface area contributed by atoms with Gasteiger partial charge in [0.1, 0.15) is 5.75 Å². The van der Waals surface area contributed by atoms with Crippen LogP contribution in [0.25, 0.3) is 0 Å². The van der Waals surface area contributed by atoms with Crippen molar-refractivity contribution < 1.29 is 4.74 Å². The fourth-order valence-electron chi connectivity index (χ4n) is 3.47. The van der Waals surface area contributed by atoms with Crippen molar-refractivity contribution in [2.75, 3.05) is 13.2 Å². The van der Waals surface area contributed by atoms with Crippen LogP contribution in [0.2, 0.25) is 0 Å². The molecule has 1 aliphatic carbocycles. The van der Waals surface area contributed by atoms with E-state index in [0.29, 0.717) is 0 Å². The quantitative estimate of drug-likeness (QED) is 0.771. The first-order valence-electron chi connectivity index (χ1n) is 9.35. The SMILES string of the molecule is CCc1ccc2c(c1)CCN(Cc1ccc(OCC3CC3)cc1)C2. The van der Waals surface area contributed by atoms with E-state index >= 15 is 0 Å². The Morgan fingerprint density at radius 2 is 1.79 bits per heavy atom. The molecule has 0 bridgehead atoms. The summed E-state index contributed by atoms with van der Waals surface area (Å²) in [5.41, 5.74) is 5.89. The summed E-state index contributed by atoms with van der Waals surface area (Å²) in [6, 6.07) is 15.7. The molecule has 0 amide bonds. The third-order valence-electron chi connectivity index (χ3n) is 5.28. The van der Waals surface area contributed by atoms with Crippen LogP contribution in [0.4, 0.5) is 0 Å². The molecule has 0 atom stereocenters. The van der Waals surface area contributed by atoms with Gasteiger partial charge in [-0.1, -0.05) is 37.3 Å². The van der Waals surface area contributed by atoms with Gasteiger partial charge in [0.15, 0.2) is 0 Å². The average Bonchev–Trinajstić information content (AvgIpc) is 3.45. The van der Waals surface area contributed by atoms with E-state index in [2.05, 4.69) is 54.3 Å². The lowest BCUT2D eigenvalue weighted by molar-refractivity contribution is 0.245. The zero-order valence-electron chi connectivity index (χ0n) is 14.6. The molecule has 0 spiro atoms. The second kappa shape index (κ2) is 6.98. The number of hydrogen-bond donors (Lipinski definition) is 0. The van der Waals surface area contributed by atoms with Crippen LogP contribution in [0.1, 0.15) is 42.0 Å². The summed E-state index contributed by atoms with van der Waals surface area (Å²) >= 11 is 0. The van der Waals surface area contributed by atoms with Gasteiger partial charge in [-0.25, -0.2) is 0 Å². The van der Waals surface area contributed by atoms with Gasteiger partial charge < -0.3 is 4.74 Å². The van der Waals surface area contributed by atoms with E-state index in [9.17, 15) is 0 Å². The topological polar surface area (TPSA) is 12.5 Å². The van der Waals surface area contributed by atoms with E-state index in [-0.39, 0.29) is 0 Å². The fraction of sp³-hybridized carbons (Fsp3) is 0.455. The second-order valence-electron chi connectivity index (χ2n) is 7.32. The van der Waals surface area contributed by atoms with Crippen LogP contribution in [0.3, 0.4) is 0 Å². The number of rotatable bonds is 6. The average molecular weight is 321 g/mol. The van der Waals surface area contributed by atoms with Crippen molar-refractivity contribution in [3.8, 4) is 5.75 Å². The first-order chi connectivity index (χ1) is 11.8. The van der Waals surface area contributed by atoms with Gasteiger partial charge in [-0.05, 0) is 66.0 Å². The molecule has 2 aromatic rings. The van der Waals surface area contributed by atoms with Crippen LogP contribution in [-0.2, 0) is 25.9 Å². The summed E-state index contributed by atoms with van der Waals surface area (Å²) in [4.78, 5) is 2.55. The van der Waals surface area contributed by atoms with E-state index in [1.54, 1.807) is 5.56 Å². The summed E-state index contributed by atoms with van der Waals surface area (Å²) < 4.78 is 5.83. The first kappa shape index (κ1) is 15.7. The van der Waals surface area contributed by atoms with Crippen molar-refractivity contribution in [1.29, 1.82) is 0 Å². The molecular formula is C22H27NO. The smallest absolute Gasteiger partial charge is 0.119 e. The maximum atomic E-state index is 5.83. The van der Waals surface area contributed by atoms with Crippen LogP contribution >= 0.6 is 0 Å². The Kier molecular flexibility index (Phi) is 4.57. The monoisotopic (exact) mass is 321 g/mol. The highest BCUT2D eigenvalue weighted by molar-refractivity contribution is 5.34. The van der Waals surface area contributed by atoms with Crippen molar-refractivity contribution >= 4 is 0 Å². The lowest BCUT2D eigenvalue weighted by Crippen LogP contribution is -2.30. The second-order valence-corrected chi connectivity index (χ2v) is 7.32. The minimum absolute atomic E-state index is 0.811. The number of ether oxygens (including phenoxy) is 1. The Morgan fingerprint density at radius 3 is 2.54 bits per heavy atom. The van der Waals surface area contributed by atoms with Crippen LogP contribution in [0, 0.1) is 5.92 Å². The molecule has 0 N–H and O–H groups in total. The van der Waals surface area contributed by atoms with E-state index in [1.165, 1.54) is 36.0 Å². The highest BCUT2D eigenvalue weighted by Gasteiger charge is 2.22. The van der Waals surface area contributed by atoms with Crippen molar-refractivity contribution in [3.63, 3.8) is 0 Å². The Labute approximate surface area is 145 Å². The number of aryl methyl sites for hydroxylation is 1. The number of fused-ring (bicyclic) bond motifs is 1. The molecule has 24 heavy (non-hydrogen) atoms. The lowest BCUT2D eigenvalue weighted by Gasteiger charge is -2.29. The van der Waals surface area contributed by atoms with E-state index in [4.69, 9.17) is 4.74 Å². The molecule has 1 fully saturated rings. The standard InChI is InChI=1S/C22H27NO/c1-2-17-5-8-21-15-23(12-11-20(21)13-17)14-18-6-9-22(10-7-18)24-16-19-3-4-19/h5-10,13,19H,2-4,11-12,14-16H2,1H3. The molecule has 2 heteroatoms. The fourth-order valence-corrected chi connectivity index (χ4v) is 3.47. The summed E-state index contributed by atoms with van der Waals surface area (Å²) in [5.74, 6) is 1.83. The summed E-state index contributed by atoms with van der Waals surface area (Å²) in [7, 11) is 0. The van der Waals surface area contributed by atoms with Crippen molar-refractivity contribution in [2.24, 2.45) is 5.92 Å². The normalized spacial score (nSPS) is 17.5.